The molecule has 0 radical (unpaired) electrons. The number of aliphatic hydroxyl groups is 1. The molecule has 0 aliphatic carbocycles. The van der Waals surface area contributed by atoms with Crippen molar-refractivity contribution in [2.45, 2.75) is 400 Å². The van der Waals surface area contributed by atoms with Gasteiger partial charge in [0.1, 0.15) is 19.3 Å². The zero-order chi connectivity index (χ0) is 67.7. The van der Waals surface area contributed by atoms with Gasteiger partial charge in [-0.2, -0.15) is 0 Å². The Morgan fingerprint density at radius 1 is 0.304 bits per heavy atom. The van der Waals surface area contributed by atoms with Gasteiger partial charge >= 0.3 is 39.5 Å². The van der Waals surface area contributed by atoms with Gasteiger partial charge in [-0.25, -0.2) is 9.13 Å². The summed E-state index contributed by atoms with van der Waals surface area (Å²) in [5, 5.41) is 10.6. The lowest BCUT2D eigenvalue weighted by Crippen LogP contribution is -2.30. The third kappa shape index (κ3) is 65.4. The number of hydrogen-bond acceptors (Lipinski definition) is 15. The molecule has 0 amide bonds. The van der Waals surface area contributed by atoms with Gasteiger partial charge in [-0.1, -0.05) is 330 Å². The molecule has 0 saturated carbocycles. The Bertz CT molecular complexity index is 1770. The number of carbonyl (C=O) groups is 4. The number of phosphoric acid groups is 2. The number of rotatable bonds is 73. The van der Waals surface area contributed by atoms with Crippen molar-refractivity contribution in [3.63, 3.8) is 0 Å². The summed E-state index contributed by atoms with van der Waals surface area (Å²) in [6, 6.07) is 0. The molecule has 92 heavy (non-hydrogen) atoms. The first-order chi connectivity index (χ1) is 44.6. The van der Waals surface area contributed by atoms with Gasteiger partial charge in [0.25, 0.3) is 0 Å². The summed E-state index contributed by atoms with van der Waals surface area (Å²) in [6.45, 7) is 7.30. The molecule has 0 aromatic heterocycles. The quantitative estimate of drug-likeness (QED) is 0.0222. The van der Waals surface area contributed by atoms with Gasteiger partial charge < -0.3 is 33.8 Å². The fourth-order valence-electron chi connectivity index (χ4n) is 11.1. The second-order valence-electron chi connectivity index (χ2n) is 26.6. The highest BCUT2D eigenvalue weighted by Crippen LogP contribution is 2.45. The summed E-state index contributed by atoms with van der Waals surface area (Å²) < 4.78 is 68.3. The number of carbonyl (C=O) groups excluding carboxylic acids is 4. The topological polar surface area (TPSA) is 237 Å². The standard InChI is InChI=1S/C73H142O17P2/c1-6-10-13-16-19-22-24-26-30-34-37-42-47-52-57-71(76)84-63-69(90-73(78)59-54-49-44-39-35-31-28-27-29-32-36-40-45-50-55-66(5)9-4)65-88-92(81,82)86-61-67(74)60-85-91(79,80)87-64-68(62-83-70(75)56-51-46-41-21-18-15-12-8-3)89-72(77)58-53-48-43-38-33-25-23-20-17-14-11-7-2/h66-69,74H,6-65H2,1-5H3,(H,79,80)(H,81,82)/t66?,67-,68+,69+/m0/s1. The Hall–Kier alpha value is -1.94. The first-order valence-electron chi connectivity index (χ1n) is 38.2. The summed E-state index contributed by atoms with van der Waals surface area (Å²) in [5.74, 6) is -1.27. The fraction of sp³-hybridized carbons (Fsp3) is 0.945. The van der Waals surface area contributed by atoms with Crippen LogP contribution >= 0.6 is 15.6 Å². The Morgan fingerprint density at radius 3 is 0.772 bits per heavy atom. The smallest absolute Gasteiger partial charge is 0.462 e. The van der Waals surface area contributed by atoms with Crippen LogP contribution in [0, 0.1) is 5.92 Å². The molecule has 0 saturated heterocycles. The third-order valence-corrected chi connectivity index (χ3v) is 19.3. The van der Waals surface area contributed by atoms with Crippen LogP contribution in [0.3, 0.4) is 0 Å². The number of phosphoric ester groups is 2. The first-order valence-corrected chi connectivity index (χ1v) is 41.2. The first kappa shape index (κ1) is 90.1. The Labute approximate surface area is 562 Å². The van der Waals surface area contributed by atoms with Crippen LogP contribution in [0.2, 0.25) is 0 Å². The second-order valence-corrected chi connectivity index (χ2v) is 29.5. The molecule has 0 aliphatic rings. The second kappa shape index (κ2) is 66.3. The minimum Gasteiger partial charge on any atom is -0.462 e. The molecule has 0 heterocycles. The molecule has 0 fully saturated rings. The molecular formula is C73H142O17P2. The largest absolute Gasteiger partial charge is 0.472 e. The van der Waals surface area contributed by atoms with E-state index in [2.05, 4.69) is 34.6 Å². The maximum absolute atomic E-state index is 13.1. The van der Waals surface area contributed by atoms with Crippen LogP contribution in [-0.2, 0) is 65.4 Å². The van der Waals surface area contributed by atoms with Crippen LogP contribution in [0.15, 0.2) is 0 Å². The molecular weight excluding hydrogens is 1210 g/mol. The van der Waals surface area contributed by atoms with Crippen molar-refractivity contribution in [3.8, 4) is 0 Å². The molecule has 3 N–H and O–H groups in total. The molecule has 0 bridgehead atoms. The van der Waals surface area contributed by atoms with Gasteiger partial charge in [-0.15, -0.1) is 0 Å². The lowest BCUT2D eigenvalue weighted by Gasteiger charge is -2.21. The van der Waals surface area contributed by atoms with Crippen LogP contribution in [0.25, 0.3) is 0 Å². The molecule has 546 valence electrons. The van der Waals surface area contributed by atoms with E-state index < -0.39 is 97.5 Å². The highest BCUT2D eigenvalue weighted by Gasteiger charge is 2.30. The van der Waals surface area contributed by atoms with Gasteiger partial charge in [0.05, 0.1) is 26.4 Å². The van der Waals surface area contributed by atoms with Crippen LogP contribution in [0.5, 0.6) is 0 Å². The molecule has 19 heteroatoms. The number of hydrogen-bond donors (Lipinski definition) is 3. The average molecular weight is 1350 g/mol. The molecule has 0 rings (SSSR count). The summed E-state index contributed by atoms with van der Waals surface area (Å²) in [5.41, 5.74) is 0. The van der Waals surface area contributed by atoms with Crippen LogP contribution in [-0.4, -0.2) is 96.7 Å². The van der Waals surface area contributed by atoms with Crippen LogP contribution in [0.1, 0.15) is 381 Å². The van der Waals surface area contributed by atoms with Crippen molar-refractivity contribution in [1.82, 2.24) is 0 Å². The van der Waals surface area contributed by atoms with Crippen molar-refractivity contribution in [1.29, 1.82) is 0 Å². The van der Waals surface area contributed by atoms with Crippen molar-refractivity contribution < 1.29 is 80.2 Å². The fourth-order valence-corrected chi connectivity index (χ4v) is 12.7. The van der Waals surface area contributed by atoms with E-state index in [4.69, 9.17) is 37.0 Å². The zero-order valence-corrected chi connectivity index (χ0v) is 61.5. The molecule has 0 aromatic rings. The SMILES string of the molecule is CCCCCCCCCCCCCCCCC(=O)OC[C@H](COP(=O)(O)OC[C@@H](O)COP(=O)(O)OC[C@@H](COC(=O)CCCCCCCCCC)OC(=O)CCCCCCCCCCCCCC)OC(=O)CCCCCCCCCCCCCCCCC(C)CC. The van der Waals surface area contributed by atoms with E-state index in [1.807, 2.05) is 0 Å². The van der Waals surface area contributed by atoms with Gasteiger partial charge in [-0.05, 0) is 31.6 Å². The normalized spacial score (nSPS) is 14.3. The molecule has 0 aromatic carbocycles. The van der Waals surface area contributed by atoms with E-state index in [1.54, 1.807) is 0 Å². The summed E-state index contributed by atoms with van der Waals surface area (Å²) in [4.78, 5) is 72.6. The maximum Gasteiger partial charge on any atom is 0.472 e. The number of aliphatic hydroxyl groups excluding tert-OH is 1. The van der Waals surface area contributed by atoms with E-state index in [9.17, 15) is 43.2 Å². The van der Waals surface area contributed by atoms with E-state index in [1.165, 1.54) is 199 Å². The molecule has 17 nitrogen and oxygen atoms in total. The zero-order valence-electron chi connectivity index (χ0n) is 59.7. The Morgan fingerprint density at radius 2 is 0.522 bits per heavy atom. The molecule has 0 spiro atoms. The van der Waals surface area contributed by atoms with Gasteiger partial charge in [0.15, 0.2) is 12.2 Å². The average Bonchev–Trinajstić information content (AvgIpc) is 2.29. The lowest BCUT2D eigenvalue weighted by molar-refractivity contribution is -0.161. The Kier molecular flexibility index (Phi) is 64.9. The molecule has 6 atom stereocenters. The Balaban J connectivity index is 5.21. The summed E-state index contributed by atoms with van der Waals surface area (Å²) >= 11 is 0. The van der Waals surface area contributed by atoms with Gasteiger partial charge in [0, 0.05) is 25.7 Å². The highest BCUT2D eigenvalue weighted by molar-refractivity contribution is 7.47. The van der Waals surface area contributed by atoms with Crippen LogP contribution < -0.4 is 0 Å². The lowest BCUT2D eigenvalue weighted by atomic mass is 9.99. The molecule has 3 unspecified atom stereocenters. The van der Waals surface area contributed by atoms with Crippen molar-refractivity contribution in [3.05, 3.63) is 0 Å². The predicted molar refractivity (Wildman–Crippen MR) is 372 cm³/mol. The van der Waals surface area contributed by atoms with Gasteiger partial charge in [0.2, 0.25) is 0 Å². The van der Waals surface area contributed by atoms with Crippen molar-refractivity contribution in [2.24, 2.45) is 5.92 Å². The van der Waals surface area contributed by atoms with Crippen LogP contribution in [0.4, 0.5) is 0 Å². The van der Waals surface area contributed by atoms with E-state index in [0.29, 0.717) is 25.7 Å². The van der Waals surface area contributed by atoms with E-state index in [-0.39, 0.29) is 25.7 Å². The third-order valence-electron chi connectivity index (χ3n) is 17.4. The maximum atomic E-state index is 13.1. The number of unbranched alkanes of at least 4 members (excludes halogenated alkanes) is 44. The summed E-state index contributed by atoms with van der Waals surface area (Å²) in [6.07, 6.45) is 54.0. The van der Waals surface area contributed by atoms with Crippen molar-refractivity contribution in [2.75, 3.05) is 39.6 Å². The van der Waals surface area contributed by atoms with E-state index >= 15 is 0 Å². The minimum atomic E-state index is -4.95. The highest BCUT2D eigenvalue weighted by atomic mass is 31.2. The number of ether oxygens (including phenoxy) is 4. The molecule has 0 aliphatic heterocycles. The van der Waals surface area contributed by atoms with E-state index in [0.717, 1.165) is 102 Å². The monoisotopic (exact) mass is 1350 g/mol. The van der Waals surface area contributed by atoms with Crippen molar-refractivity contribution >= 4 is 39.5 Å². The summed E-state index contributed by atoms with van der Waals surface area (Å²) in [7, 11) is -9.90. The number of esters is 4. The van der Waals surface area contributed by atoms with Gasteiger partial charge in [-0.3, -0.25) is 37.3 Å². The minimum absolute atomic E-state index is 0.107. The predicted octanol–water partition coefficient (Wildman–Crippen LogP) is 21.3.